The van der Waals surface area contributed by atoms with E-state index in [0.29, 0.717) is 33.7 Å². The highest BCUT2D eigenvalue weighted by Crippen LogP contribution is 2.28. The molecule has 150 valence electrons. The predicted molar refractivity (Wildman–Crippen MR) is 105 cm³/mol. The Balaban J connectivity index is 1.61. The molecule has 0 aliphatic heterocycles. The molecule has 0 atom stereocenters. The first-order chi connectivity index (χ1) is 14.0. The summed E-state index contributed by atoms with van der Waals surface area (Å²) >= 11 is 0. The van der Waals surface area contributed by atoms with E-state index >= 15 is 0 Å². The number of carbonyl (C=O) groups is 2. The monoisotopic (exact) mass is 397 g/mol. The number of benzene rings is 2. The van der Waals surface area contributed by atoms with Crippen LogP contribution in [0, 0.1) is 0 Å². The Labute approximate surface area is 165 Å². The Morgan fingerprint density at radius 3 is 2.55 bits per heavy atom. The second-order valence-electron chi connectivity index (χ2n) is 6.00. The molecule has 0 saturated carbocycles. The van der Waals surface area contributed by atoms with E-state index in [1.54, 1.807) is 42.5 Å². The Bertz CT molecular complexity index is 1110. The normalized spacial score (nSPS) is 10.4. The number of carbonyl (C=O) groups excluding carboxylic acids is 2. The Morgan fingerprint density at radius 1 is 1.07 bits per heavy atom. The van der Waals surface area contributed by atoms with E-state index in [4.69, 9.17) is 14.2 Å². The Hall–Kier alpha value is -3.88. The number of rotatable bonds is 7. The van der Waals surface area contributed by atoms with Crippen LogP contribution in [0.25, 0.3) is 10.8 Å². The lowest BCUT2D eigenvalue weighted by atomic mass is 10.1. The van der Waals surface area contributed by atoms with Gasteiger partial charge in [0.25, 0.3) is 11.5 Å². The molecule has 1 amide bonds. The quantitative estimate of drug-likeness (QED) is 0.582. The van der Waals surface area contributed by atoms with Crippen molar-refractivity contribution in [1.29, 1.82) is 0 Å². The van der Waals surface area contributed by atoms with E-state index in [9.17, 15) is 14.4 Å². The Morgan fingerprint density at radius 2 is 1.83 bits per heavy atom. The SMILES string of the molecule is COc1ccc(NC(=O)COC(=O)Cc2n[nH]c(=O)c3ccccc23)c(OC)c1. The molecule has 0 bridgehead atoms. The van der Waals surface area contributed by atoms with Gasteiger partial charge in [-0.05, 0) is 18.2 Å². The molecule has 0 radical (unpaired) electrons. The smallest absolute Gasteiger partial charge is 0.312 e. The van der Waals surface area contributed by atoms with Gasteiger partial charge in [0, 0.05) is 11.5 Å². The number of hydrogen-bond donors (Lipinski definition) is 2. The van der Waals surface area contributed by atoms with Crippen LogP contribution in [0.2, 0.25) is 0 Å². The number of amides is 1. The van der Waals surface area contributed by atoms with Crippen LogP contribution in [0.15, 0.2) is 47.3 Å². The summed E-state index contributed by atoms with van der Waals surface area (Å²) in [4.78, 5) is 36.0. The van der Waals surface area contributed by atoms with Gasteiger partial charge in [0.2, 0.25) is 0 Å². The third kappa shape index (κ3) is 4.70. The maximum atomic E-state index is 12.1. The molecule has 3 aromatic rings. The fourth-order valence-electron chi connectivity index (χ4n) is 2.73. The molecule has 29 heavy (non-hydrogen) atoms. The molecule has 1 aromatic heterocycles. The summed E-state index contributed by atoms with van der Waals surface area (Å²) < 4.78 is 15.3. The maximum absolute atomic E-state index is 12.1. The number of hydrogen-bond acceptors (Lipinski definition) is 7. The average Bonchev–Trinajstić information content (AvgIpc) is 2.74. The van der Waals surface area contributed by atoms with Crippen LogP contribution in [0.5, 0.6) is 11.5 Å². The van der Waals surface area contributed by atoms with Crippen molar-refractivity contribution in [2.75, 3.05) is 26.1 Å². The van der Waals surface area contributed by atoms with Gasteiger partial charge in [0.1, 0.15) is 11.5 Å². The second kappa shape index (κ2) is 8.87. The van der Waals surface area contributed by atoms with Crippen LogP contribution in [0.4, 0.5) is 5.69 Å². The molecule has 9 heteroatoms. The average molecular weight is 397 g/mol. The van der Waals surface area contributed by atoms with Crippen molar-refractivity contribution >= 4 is 28.3 Å². The topological polar surface area (TPSA) is 120 Å². The van der Waals surface area contributed by atoms with Crippen molar-refractivity contribution in [2.45, 2.75) is 6.42 Å². The van der Waals surface area contributed by atoms with Gasteiger partial charge in [-0.3, -0.25) is 14.4 Å². The number of H-pyrrole nitrogens is 1. The predicted octanol–water partition coefficient (Wildman–Crippen LogP) is 1.66. The molecule has 2 N–H and O–H groups in total. The molecule has 9 nitrogen and oxygen atoms in total. The van der Waals surface area contributed by atoms with Crippen LogP contribution >= 0.6 is 0 Å². The second-order valence-corrected chi connectivity index (χ2v) is 6.00. The maximum Gasteiger partial charge on any atom is 0.312 e. The van der Waals surface area contributed by atoms with Gasteiger partial charge in [-0.25, -0.2) is 5.10 Å². The summed E-state index contributed by atoms with van der Waals surface area (Å²) in [5, 5.41) is 9.85. The lowest BCUT2D eigenvalue weighted by Gasteiger charge is -2.12. The highest BCUT2D eigenvalue weighted by molar-refractivity contribution is 5.94. The van der Waals surface area contributed by atoms with Gasteiger partial charge >= 0.3 is 5.97 Å². The fourth-order valence-corrected chi connectivity index (χ4v) is 2.73. The number of ether oxygens (including phenoxy) is 3. The van der Waals surface area contributed by atoms with Crippen molar-refractivity contribution in [3.8, 4) is 11.5 Å². The van der Waals surface area contributed by atoms with Crippen LogP contribution < -0.4 is 20.3 Å². The number of aromatic nitrogens is 2. The van der Waals surface area contributed by atoms with E-state index in [1.807, 2.05) is 0 Å². The summed E-state index contributed by atoms with van der Waals surface area (Å²) in [6.07, 6.45) is -0.184. The zero-order chi connectivity index (χ0) is 20.8. The third-order valence-corrected chi connectivity index (χ3v) is 4.13. The lowest BCUT2D eigenvalue weighted by molar-refractivity contribution is -0.146. The molecule has 2 aromatic carbocycles. The van der Waals surface area contributed by atoms with Gasteiger partial charge < -0.3 is 19.5 Å². The largest absolute Gasteiger partial charge is 0.497 e. The van der Waals surface area contributed by atoms with Crippen molar-refractivity contribution in [3.05, 3.63) is 58.5 Å². The minimum absolute atomic E-state index is 0.184. The first-order valence-corrected chi connectivity index (χ1v) is 8.65. The van der Waals surface area contributed by atoms with Crippen molar-refractivity contribution in [1.82, 2.24) is 10.2 Å². The van der Waals surface area contributed by atoms with Crippen molar-refractivity contribution in [2.24, 2.45) is 0 Å². The zero-order valence-electron chi connectivity index (χ0n) is 15.9. The number of nitrogens with zero attached hydrogens (tertiary/aromatic N) is 1. The first kappa shape index (κ1) is 19.9. The van der Waals surface area contributed by atoms with Crippen molar-refractivity contribution in [3.63, 3.8) is 0 Å². The molecule has 0 spiro atoms. The summed E-state index contributed by atoms with van der Waals surface area (Å²) in [6, 6.07) is 11.7. The molecular formula is C20H19N3O6. The highest BCUT2D eigenvalue weighted by Gasteiger charge is 2.14. The van der Waals surface area contributed by atoms with Crippen molar-refractivity contribution < 1.29 is 23.8 Å². The standard InChI is InChI=1S/C20H19N3O6/c1-27-12-7-8-15(17(9-12)28-2)21-18(24)11-29-19(25)10-16-13-5-3-4-6-14(13)20(26)23-22-16/h3-9H,10-11H2,1-2H3,(H,21,24)(H,23,26). The van der Waals surface area contributed by atoms with Gasteiger partial charge in [-0.15, -0.1) is 0 Å². The zero-order valence-corrected chi connectivity index (χ0v) is 15.9. The Kier molecular flexibility index (Phi) is 6.08. The van der Waals surface area contributed by atoms with Gasteiger partial charge in [0.05, 0.1) is 37.4 Å². The molecule has 0 aliphatic rings. The third-order valence-electron chi connectivity index (χ3n) is 4.13. The summed E-state index contributed by atoms with van der Waals surface area (Å²) in [6.45, 7) is -0.477. The molecule has 1 heterocycles. The summed E-state index contributed by atoms with van der Waals surface area (Å²) in [7, 11) is 2.99. The molecule has 0 saturated heterocycles. The van der Waals surface area contributed by atoms with Crippen LogP contribution in [0.1, 0.15) is 5.69 Å². The minimum Gasteiger partial charge on any atom is -0.497 e. The van der Waals surface area contributed by atoms with E-state index < -0.39 is 18.5 Å². The number of nitrogens with one attached hydrogen (secondary N) is 2. The lowest BCUT2D eigenvalue weighted by Crippen LogP contribution is -2.22. The molecular weight excluding hydrogens is 378 g/mol. The summed E-state index contributed by atoms with van der Waals surface area (Å²) in [5.41, 5.74) is 0.440. The fraction of sp³-hybridized carbons (Fsp3) is 0.200. The van der Waals surface area contributed by atoms with Gasteiger partial charge in [-0.2, -0.15) is 5.10 Å². The molecule has 0 fully saturated rings. The number of methoxy groups -OCH3 is 2. The number of aromatic amines is 1. The molecule has 3 rings (SSSR count). The van der Waals surface area contributed by atoms with Crippen LogP contribution in [0.3, 0.4) is 0 Å². The highest BCUT2D eigenvalue weighted by atomic mass is 16.5. The summed E-state index contributed by atoms with van der Waals surface area (Å²) in [5.74, 6) is -0.188. The van der Waals surface area contributed by atoms with E-state index in [-0.39, 0.29) is 12.0 Å². The van der Waals surface area contributed by atoms with E-state index in [1.165, 1.54) is 14.2 Å². The first-order valence-electron chi connectivity index (χ1n) is 8.65. The molecule has 0 unspecified atom stereocenters. The van der Waals surface area contributed by atoms with Crippen LogP contribution in [-0.4, -0.2) is 42.9 Å². The molecule has 0 aliphatic carbocycles. The number of anilines is 1. The van der Waals surface area contributed by atoms with Gasteiger partial charge in [-0.1, -0.05) is 18.2 Å². The minimum atomic E-state index is -0.647. The van der Waals surface area contributed by atoms with Crippen LogP contribution in [-0.2, 0) is 20.7 Å². The van der Waals surface area contributed by atoms with E-state index in [0.717, 1.165) is 0 Å². The number of esters is 1. The van der Waals surface area contributed by atoms with Gasteiger partial charge in [0.15, 0.2) is 6.61 Å². The van der Waals surface area contributed by atoms with E-state index in [2.05, 4.69) is 15.5 Å². The number of fused-ring (bicyclic) bond motifs is 1.